The fourth-order valence-electron chi connectivity index (χ4n) is 2.25. The van der Waals surface area contributed by atoms with Gasteiger partial charge in [-0.25, -0.2) is 4.79 Å². The second-order valence-corrected chi connectivity index (χ2v) is 6.25. The van der Waals surface area contributed by atoms with Crippen molar-refractivity contribution in [2.24, 2.45) is 0 Å². The molecule has 1 aliphatic heterocycles. The molecule has 112 valence electrons. The Balaban J connectivity index is 1.87. The van der Waals surface area contributed by atoms with Crippen molar-refractivity contribution in [3.8, 4) is 6.07 Å². The van der Waals surface area contributed by atoms with E-state index in [9.17, 15) is 4.79 Å². The molecule has 5 nitrogen and oxygen atoms in total. The van der Waals surface area contributed by atoms with E-state index in [0.717, 1.165) is 12.1 Å². The predicted octanol–water partition coefficient (Wildman–Crippen LogP) is 2.98. The maximum absolute atomic E-state index is 12.0. The highest BCUT2D eigenvalue weighted by Crippen LogP contribution is 2.19. The Hall–Kier alpha value is -2.22. The summed E-state index contributed by atoms with van der Waals surface area (Å²) in [7, 11) is 0. The summed E-state index contributed by atoms with van der Waals surface area (Å²) in [5, 5.41) is 12.2. The number of benzene rings is 1. The lowest BCUT2D eigenvalue weighted by Gasteiger charge is -2.24. The molecule has 0 spiro atoms. The fourth-order valence-corrected chi connectivity index (χ4v) is 2.25. The average Bonchev–Trinajstić information content (AvgIpc) is 2.86. The highest BCUT2D eigenvalue weighted by Gasteiger charge is 2.29. The number of carbonyl (C=O) groups excluding carboxylic acids is 1. The second-order valence-electron chi connectivity index (χ2n) is 6.25. The molecule has 0 bridgehead atoms. The molecule has 1 aromatic carbocycles. The van der Waals surface area contributed by atoms with Crippen molar-refractivity contribution in [3.63, 3.8) is 0 Å². The van der Waals surface area contributed by atoms with Gasteiger partial charge in [-0.05, 0) is 51.5 Å². The lowest BCUT2D eigenvalue weighted by Crippen LogP contribution is -2.36. The van der Waals surface area contributed by atoms with Gasteiger partial charge in [-0.15, -0.1) is 0 Å². The molecule has 21 heavy (non-hydrogen) atoms. The van der Waals surface area contributed by atoms with Crippen molar-refractivity contribution in [3.05, 3.63) is 29.8 Å². The standard InChI is InChI=1S/C16H21N3O2/c1-16(2,3)21-15(20)19-9-8-14(11-19)18-13-6-4-12(10-17)5-7-13/h4-7,14,18H,8-9,11H2,1-3H3/t14-/m0/s1. The predicted molar refractivity (Wildman–Crippen MR) is 81.0 cm³/mol. The van der Waals surface area contributed by atoms with Gasteiger partial charge in [0.1, 0.15) is 5.60 Å². The van der Waals surface area contributed by atoms with Gasteiger partial charge in [0, 0.05) is 24.8 Å². The summed E-state index contributed by atoms with van der Waals surface area (Å²) in [4.78, 5) is 13.7. The number of nitrogens with zero attached hydrogens (tertiary/aromatic N) is 2. The number of nitrogens with one attached hydrogen (secondary N) is 1. The van der Waals surface area contributed by atoms with Gasteiger partial charge < -0.3 is 15.0 Å². The molecule has 2 rings (SSSR count). The maximum atomic E-state index is 12.0. The molecule has 1 amide bonds. The van der Waals surface area contributed by atoms with Crippen LogP contribution in [0.4, 0.5) is 10.5 Å². The Bertz CT molecular complexity index is 540. The van der Waals surface area contributed by atoms with Crippen LogP contribution in [-0.2, 0) is 4.74 Å². The summed E-state index contributed by atoms with van der Waals surface area (Å²) < 4.78 is 5.37. The Morgan fingerprint density at radius 1 is 1.38 bits per heavy atom. The van der Waals surface area contributed by atoms with E-state index < -0.39 is 5.60 Å². The number of likely N-dealkylation sites (tertiary alicyclic amines) is 1. The van der Waals surface area contributed by atoms with Crippen LogP contribution in [0.1, 0.15) is 32.8 Å². The third-order valence-corrected chi connectivity index (χ3v) is 3.22. The summed E-state index contributed by atoms with van der Waals surface area (Å²) in [6.45, 7) is 6.94. The number of rotatable bonds is 2. The van der Waals surface area contributed by atoms with Crippen LogP contribution in [0.2, 0.25) is 0 Å². The minimum atomic E-state index is -0.463. The third kappa shape index (κ3) is 4.38. The first kappa shape index (κ1) is 15.2. The van der Waals surface area contributed by atoms with Crippen molar-refractivity contribution >= 4 is 11.8 Å². The zero-order valence-electron chi connectivity index (χ0n) is 12.7. The molecular weight excluding hydrogens is 266 g/mol. The van der Waals surface area contributed by atoms with Crippen LogP contribution < -0.4 is 5.32 Å². The molecular formula is C16H21N3O2. The van der Waals surface area contributed by atoms with Crippen molar-refractivity contribution in [2.45, 2.75) is 38.8 Å². The Morgan fingerprint density at radius 3 is 2.62 bits per heavy atom. The maximum Gasteiger partial charge on any atom is 0.410 e. The number of hydrogen-bond donors (Lipinski definition) is 1. The first-order chi connectivity index (χ1) is 9.87. The van der Waals surface area contributed by atoms with Crippen molar-refractivity contribution < 1.29 is 9.53 Å². The van der Waals surface area contributed by atoms with E-state index in [1.807, 2.05) is 32.9 Å². The normalized spacial score (nSPS) is 18.2. The van der Waals surface area contributed by atoms with Crippen LogP contribution in [-0.4, -0.2) is 35.7 Å². The van der Waals surface area contributed by atoms with E-state index >= 15 is 0 Å². The molecule has 0 saturated carbocycles. The van der Waals surface area contributed by atoms with Crippen molar-refractivity contribution in [1.82, 2.24) is 4.90 Å². The fraction of sp³-hybridized carbons (Fsp3) is 0.500. The van der Waals surface area contributed by atoms with Crippen LogP contribution in [0.5, 0.6) is 0 Å². The highest BCUT2D eigenvalue weighted by atomic mass is 16.6. The topological polar surface area (TPSA) is 65.4 Å². The lowest BCUT2D eigenvalue weighted by atomic mass is 10.2. The molecule has 1 heterocycles. The van der Waals surface area contributed by atoms with Crippen LogP contribution in [0.25, 0.3) is 0 Å². The SMILES string of the molecule is CC(C)(C)OC(=O)N1CC[C@H](Nc2ccc(C#N)cc2)C1. The number of hydrogen-bond acceptors (Lipinski definition) is 4. The summed E-state index contributed by atoms with van der Waals surface area (Å²) in [5.74, 6) is 0. The Labute approximate surface area is 125 Å². The number of nitriles is 1. The molecule has 0 radical (unpaired) electrons. The van der Waals surface area contributed by atoms with Crippen molar-refractivity contribution in [2.75, 3.05) is 18.4 Å². The molecule has 1 atom stereocenters. The van der Waals surface area contributed by atoms with Crippen molar-refractivity contribution in [1.29, 1.82) is 5.26 Å². The van der Waals surface area contributed by atoms with Gasteiger partial charge in [0.15, 0.2) is 0 Å². The van der Waals surface area contributed by atoms with E-state index in [1.54, 1.807) is 17.0 Å². The van der Waals surface area contributed by atoms with Gasteiger partial charge in [0.25, 0.3) is 0 Å². The van der Waals surface area contributed by atoms with E-state index in [1.165, 1.54) is 0 Å². The van der Waals surface area contributed by atoms with Gasteiger partial charge in [0.2, 0.25) is 0 Å². The highest BCUT2D eigenvalue weighted by molar-refractivity contribution is 5.68. The van der Waals surface area contributed by atoms with Gasteiger partial charge in [-0.1, -0.05) is 0 Å². The molecule has 1 aliphatic rings. The molecule has 5 heteroatoms. The second kappa shape index (κ2) is 6.04. The summed E-state index contributed by atoms with van der Waals surface area (Å²) in [5.41, 5.74) is 1.14. The molecule has 0 unspecified atom stereocenters. The van der Waals surface area contributed by atoms with Gasteiger partial charge >= 0.3 is 6.09 Å². The Kier molecular flexibility index (Phi) is 4.37. The molecule has 0 aliphatic carbocycles. The molecule has 1 aromatic rings. The molecule has 1 fully saturated rings. The van der Waals surface area contributed by atoms with Crippen LogP contribution in [0, 0.1) is 11.3 Å². The van der Waals surface area contributed by atoms with Gasteiger partial charge in [-0.3, -0.25) is 0 Å². The van der Waals surface area contributed by atoms with E-state index in [2.05, 4.69) is 11.4 Å². The van der Waals surface area contributed by atoms with Crippen LogP contribution in [0.15, 0.2) is 24.3 Å². The summed E-state index contributed by atoms with van der Waals surface area (Å²) in [6.07, 6.45) is 0.630. The lowest BCUT2D eigenvalue weighted by molar-refractivity contribution is 0.0293. The van der Waals surface area contributed by atoms with E-state index in [-0.39, 0.29) is 12.1 Å². The molecule has 1 saturated heterocycles. The zero-order chi connectivity index (χ0) is 15.5. The monoisotopic (exact) mass is 287 g/mol. The zero-order valence-corrected chi connectivity index (χ0v) is 12.7. The van der Waals surface area contributed by atoms with Crippen LogP contribution in [0.3, 0.4) is 0 Å². The molecule has 1 N–H and O–H groups in total. The quantitative estimate of drug-likeness (QED) is 0.908. The van der Waals surface area contributed by atoms with Crippen LogP contribution >= 0.6 is 0 Å². The first-order valence-electron chi connectivity index (χ1n) is 7.12. The minimum Gasteiger partial charge on any atom is -0.444 e. The summed E-state index contributed by atoms with van der Waals surface area (Å²) >= 11 is 0. The Morgan fingerprint density at radius 2 is 2.05 bits per heavy atom. The number of ether oxygens (including phenoxy) is 1. The number of carbonyl (C=O) groups is 1. The third-order valence-electron chi connectivity index (χ3n) is 3.22. The molecule has 0 aromatic heterocycles. The van der Waals surface area contributed by atoms with E-state index in [0.29, 0.717) is 18.7 Å². The summed E-state index contributed by atoms with van der Waals surface area (Å²) in [6, 6.07) is 9.64. The smallest absolute Gasteiger partial charge is 0.410 e. The van der Waals surface area contributed by atoms with Gasteiger partial charge in [0.05, 0.1) is 11.6 Å². The largest absolute Gasteiger partial charge is 0.444 e. The van der Waals surface area contributed by atoms with Gasteiger partial charge in [-0.2, -0.15) is 5.26 Å². The number of anilines is 1. The number of amides is 1. The minimum absolute atomic E-state index is 0.213. The average molecular weight is 287 g/mol. The van der Waals surface area contributed by atoms with E-state index in [4.69, 9.17) is 10.00 Å². The first-order valence-corrected chi connectivity index (χ1v) is 7.12.